The summed E-state index contributed by atoms with van der Waals surface area (Å²) >= 11 is 0. The molecule has 1 heterocycles. The minimum absolute atomic E-state index is 0.0356. The van der Waals surface area contributed by atoms with Crippen LogP contribution in [0.3, 0.4) is 0 Å². The number of allylic oxidation sites excluding steroid dienone is 4. The zero-order valence-corrected chi connectivity index (χ0v) is 12.7. The second-order valence-corrected chi connectivity index (χ2v) is 6.02. The van der Waals surface area contributed by atoms with Gasteiger partial charge >= 0.3 is 12.4 Å². The monoisotopic (exact) mass is 354 g/mol. The molecule has 0 amide bonds. The van der Waals surface area contributed by atoms with Gasteiger partial charge in [-0.3, -0.25) is 0 Å². The molecule has 0 bridgehead atoms. The third-order valence-corrected chi connectivity index (χ3v) is 4.45. The van der Waals surface area contributed by atoms with Crippen LogP contribution in [-0.4, -0.2) is 40.5 Å². The lowest BCUT2D eigenvalue weighted by atomic mass is 9.94. The topological polar surface area (TPSA) is 47.3 Å². The quantitative estimate of drug-likeness (QED) is 0.767. The lowest BCUT2D eigenvalue weighted by molar-refractivity contribution is -0.218. The SMILES string of the molecule is C[C@@H]1CC[C@H]([C@@H](O)C(F)(F)F)N1C1=CC(C(F)(F)F)=C(C#N)CC1. The van der Waals surface area contributed by atoms with Gasteiger partial charge in [-0.1, -0.05) is 0 Å². The summed E-state index contributed by atoms with van der Waals surface area (Å²) in [5.41, 5.74) is -1.46. The number of nitrogens with zero attached hydrogens (tertiary/aromatic N) is 2. The number of aliphatic hydroxyl groups is 1. The van der Waals surface area contributed by atoms with E-state index in [9.17, 15) is 31.4 Å². The molecule has 9 heteroatoms. The Morgan fingerprint density at radius 3 is 2.33 bits per heavy atom. The van der Waals surface area contributed by atoms with E-state index in [0.717, 1.165) is 6.08 Å². The van der Waals surface area contributed by atoms with Gasteiger partial charge in [-0.15, -0.1) is 0 Å². The molecule has 3 atom stereocenters. The first kappa shape index (κ1) is 18.6. The Hall–Kier alpha value is -1.69. The number of halogens is 6. The second kappa shape index (κ2) is 6.31. The highest BCUT2D eigenvalue weighted by Crippen LogP contribution is 2.41. The van der Waals surface area contributed by atoms with Crippen LogP contribution >= 0.6 is 0 Å². The molecule has 0 aromatic rings. The lowest BCUT2D eigenvalue weighted by Crippen LogP contribution is -2.48. The van der Waals surface area contributed by atoms with Gasteiger partial charge in [0.2, 0.25) is 0 Å². The zero-order chi connectivity index (χ0) is 18.3. The normalized spacial score (nSPS) is 27.1. The van der Waals surface area contributed by atoms with Gasteiger partial charge in [-0.25, -0.2) is 0 Å². The van der Waals surface area contributed by atoms with Gasteiger partial charge < -0.3 is 10.0 Å². The van der Waals surface area contributed by atoms with Crippen LogP contribution in [0.25, 0.3) is 0 Å². The maximum atomic E-state index is 13.1. The van der Waals surface area contributed by atoms with E-state index in [-0.39, 0.29) is 25.0 Å². The standard InChI is InChI=1S/C15H16F6N2O/c1-8-2-5-12(13(24)15(19,20)21)23(8)10-4-3-9(7-22)11(6-10)14(16,17)18/h6,8,12-13,24H,2-5H2,1H3/t8-,12-,13-/m1/s1. The van der Waals surface area contributed by atoms with Crippen molar-refractivity contribution in [3.05, 3.63) is 22.9 Å². The van der Waals surface area contributed by atoms with Crippen molar-refractivity contribution in [2.45, 2.75) is 63.1 Å². The first-order valence-corrected chi connectivity index (χ1v) is 7.41. The molecule has 1 N–H and O–H groups in total. The number of rotatable bonds is 2. The molecule has 1 fully saturated rings. The minimum atomic E-state index is -4.84. The molecular weight excluding hydrogens is 338 g/mol. The molecule has 0 unspecified atom stereocenters. The predicted octanol–water partition coefficient (Wildman–Crippen LogP) is 3.82. The predicted molar refractivity (Wildman–Crippen MR) is 72.4 cm³/mol. The number of aliphatic hydroxyl groups excluding tert-OH is 1. The fraction of sp³-hybridized carbons (Fsp3) is 0.667. The average Bonchev–Trinajstić information content (AvgIpc) is 2.85. The maximum Gasteiger partial charge on any atom is 0.417 e. The fourth-order valence-electron chi connectivity index (χ4n) is 3.33. The molecule has 0 aromatic carbocycles. The van der Waals surface area contributed by atoms with Gasteiger partial charge in [0.15, 0.2) is 6.10 Å². The third-order valence-electron chi connectivity index (χ3n) is 4.45. The molecule has 1 saturated heterocycles. The Bertz CT molecular complexity index is 599. The zero-order valence-electron chi connectivity index (χ0n) is 12.7. The first-order chi connectivity index (χ1) is 11.0. The summed E-state index contributed by atoms with van der Waals surface area (Å²) < 4.78 is 77.7. The van der Waals surface area contributed by atoms with Gasteiger partial charge in [0, 0.05) is 17.3 Å². The van der Waals surface area contributed by atoms with Gasteiger partial charge in [-0.2, -0.15) is 31.6 Å². The van der Waals surface area contributed by atoms with Crippen molar-refractivity contribution in [2.24, 2.45) is 0 Å². The molecule has 134 valence electrons. The molecular formula is C15H16F6N2O. The van der Waals surface area contributed by atoms with Crippen molar-refractivity contribution in [3.63, 3.8) is 0 Å². The van der Waals surface area contributed by atoms with Gasteiger partial charge in [0.1, 0.15) is 0 Å². The molecule has 0 saturated carbocycles. The van der Waals surface area contributed by atoms with Crippen molar-refractivity contribution in [1.29, 1.82) is 5.26 Å². The Labute approximate surface area is 134 Å². The van der Waals surface area contributed by atoms with Crippen LogP contribution in [0.2, 0.25) is 0 Å². The molecule has 1 aliphatic heterocycles. The molecule has 0 radical (unpaired) electrons. The highest BCUT2D eigenvalue weighted by atomic mass is 19.4. The summed E-state index contributed by atoms with van der Waals surface area (Å²) in [5.74, 6) is 0. The number of likely N-dealkylation sites (tertiary alicyclic amines) is 1. The maximum absolute atomic E-state index is 13.1. The van der Waals surface area contributed by atoms with E-state index in [0.29, 0.717) is 6.42 Å². The summed E-state index contributed by atoms with van der Waals surface area (Å²) in [5, 5.41) is 18.4. The van der Waals surface area contributed by atoms with Crippen LogP contribution in [0.1, 0.15) is 32.6 Å². The minimum Gasteiger partial charge on any atom is -0.382 e. The summed E-state index contributed by atoms with van der Waals surface area (Å²) in [6, 6.07) is -0.227. The van der Waals surface area contributed by atoms with Crippen LogP contribution in [0.5, 0.6) is 0 Å². The van der Waals surface area contributed by atoms with E-state index in [1.807, 2.05) is 0 Å². The van der Waals surface area contributed by atoms with E-state index in [4.69, 9.17) is 5.26 Å². The Morgan fingerprint density at radius 1 is 1.21 bits per heavy atom. The second-order valence-electron chi connectivity index (χ2n) is 6.02. The van der Waals surface area contributed by atoms with Crippen molar-refractivity contribution in [2.75, 3.05) is 0 Å². The number of hydrogen-bond donors (Lipinski definition) is 1. The van der Waals surface area contributed by atoms with Crippen molar-refractivity contribution >= 4 is 0 Å². The summed E-state index contributed by atoms with van der Waals surface area (Å²) in [6.07, 6.45) is -11.2. The fourth-order valence-corrected chi connectivity index (χ4v) is 3.33. The van der Waals surface area contributed by atoms with Crippen molar-refractivity contribution in [3.8, 4) is 6.07 Å². The van der Waals surface area contributed by atoms with Gasteiger partial charge in [0.25, 0.3) is 0 Å². The molecule has 2 rings (SSSR count). The molecule has 0 spiro atoms. The Kier molecular flexibility index (Phi) is 4.91. The van der Waals surface area contributed by atoms with Crippen LogP contribution in [0.4, 0.5) is 26.3 Å². The third kappa shape index (κ3) is 3.53. The molecule has 24 heavy (non-hydrogen) atoms. The van der Waals surface area contributed by atoms with Crippen LogP contribution in [0.15, 0.2) is 22.9 Å². The van der Waals surface area contributed by atoms with Crippen molar-refractivity contribution < 1.29 is 31.4 Å². The largest absolute Gasteiger partial charge is 0.417 e. The lowest BCUT2D eigenvalue weighted by Gasteiger charge is -2.37. The molecule has 2 aliphatic rings. The van der Waals surface area contributed by atoms with E-state index in [1.165, 1.54) is 11.0 Å². The van der Waals surface area contributed by atoms with Crippen LogP contribution < -0.4 is 0 Å². The van der Waals surface area contributed by atoms with Crippen LogP contribution in [-0.2, 0) is 0 Å². The van der Waals surface area contributed by atoms with E-state index in [2.05, 4.69) is 0 Å². The smallest absolute Gasteiger partial charge is 0.382 e. The molecule has 3 nitrogen and oxygen atoms in total. The average molecular weight is 354 g/mol. The molecule has 0 aromatic heterocycles. The van der Waals surface area contributed by atoms with Crippen LogP contribution in [0, 0.1) is 11.3 Å². The Balaban J connectivity index is 2.40. The summed E-state index contributed by atoms with van der Waals surface area (Å²) in [6.45, 7) is 1.61. The van der Waals surface area contributed by atoms with E-state index < -0.39 is 41.7 Å². The first-order valence-electron chi connectivity index (χ1n) is 7.41. The summed E-state index contributed by atoms with van der Waals surface area (Å²) in [4.78, 5) is 1.23. The number of hydrogen-bond acceptors (Lipinski definition) is 3. The van der Waals surface area contributed by atoms with E-state index in [1.54, 1.807) is 6.92 Å². The Morgan fingerprint density at radius 2 is 1.83 bits per heavy atom. The van der Waals surface area contributed by atoms with Crippen molar-refractivity contribution in [1.82, 2.24) is 4.90 Å². The number of alkyl halides is 6. The highest BCUT2D eigenvalue weighted by molar-refractivity contribution is 5.43. The highest BCUT2D eigenvalue weighted by Gasteiger charge is 2.49. The van der Waals surface area contributed by atoms with Gasteiger partial charge in [0.05, 0.1) is 17.7 Å². The molecule has 1 aliphatic carbocycles. The van der Waals surface area contributed by atoms with Gasteiger partial charge in [-0.05, 0) is 38.7 Å². The number of nitriles is 1. The summed E-state index contributed by atoms with van der Waals surface area (Å²) in [7, 11) is 0. The van der Waals surface area contributed by atoms with E-state index >= 15 is 0 Å².